The fourth-order valence-electron chi connectivity index (χ4n) is 2.78. The van der Waals surface area contributed by atoms with Crippen LogP contribution < -0.4 is 0 Å². The first-order chi connectivity index (χ1) is 10.6. The zero-order valence-electron chi connectivity index (χ0n) is 12.7. The van der Waals surface area contributed by atoms with Gasteiger partial charge in [-0.3, -0.25) is 4.90 Å². The van der Waals surface area contributed by atoms with Crippen LogP contribution in [0.15, 0.2) is 60.2 Å². The quantitative estimate of drug-likeness (QED) is 0.615. The highest BCUT2D eigenvalue weighted by Crippen LogP contribution is 2.26. The summed E-state index contributed by atoms with van der Waals surface area (Å²) in [5.41, 5.74) is 3.17. The summed E-state index contributed by atoms with van der Waals surface area (Å²) in [4.78, 5) is 14.4. The molecular weight excluding hydrogens is 298 g/mol. The summed E-state index contributed by atoms with van der Waals surface area (Å²) in [5, 5.41) is 0.421. The van der Waals surface area contributed by atoms with Gasteiger partial charge < -0.3 is 4.74 Å². The van der Waals surface area contributed by atoms with Gasteiger partial charge in [-0.15, -0.1) is 0 Å². The van der Waals surface area contributed by atoms with E-state index >= 15 is 0 Å². The number of carbonyl (C=O) groups excluding carboxylic acids is 1. The molecule has 0 spiro atoms. The van der Waals surface area contributed by atoms with Crippen LogP contribution in [0.5, 0.6) is 0 Å². The zero-order valence-corrected chi connectivity index (χ0v) is 13.5. The van der Waals surface area contributed by atoms with Crippen LogP contribution in [0.1, 0.15) is 11.1 Å². The minimum absolute atomic E-state index is 0.339. The molecular formula is C18H20ClNO2. The standard InChI is InChI=1S/C18H20ClNO2/c1-4-15(16(19)5-2)17(18(21)22-3)20-11-10-13-8-6-7-9-14(13)12-20/h4-9,17H,1-2,10-12H2,3H3. The molecule has 0 amide bonds. The third-order valence-electron chi connectivity index (χ3n) is 3.92. The van der Waals surface area contributed by atoms with Gasteiger partial charge in [0.25, 0.3) is 0 Å². The van der Waals surface area contributed by atoms with Gasteiger partial charge in [-0.1, -0.05) is 61.2 Å². The average molecular weight is 318 g/mol. The van der Waals surface area contributed by atoms with Crippen molar-refractivity contribution in [3.05, 3.63) is 71.3 Å². The van der Waals surface area contributed by atoms with Crippen LogP contribution in [0.2, 0.25) is 0 Å². The van der Waals surface area contributed by atoms with Gasteiger partial charge in [0.05, 0.1) is 7.11 Å². The molecule has 0 fully saturated rings. The lowest BCUT2D eigenvalue weighted by Crippen LogP contribution is -2.45. The smallest absolute Gasteiger partial charge is 0.327 e. The maximum absolute atomic E-state index is 12.3. The van der Waals surface area contributed by atoms with E-state index in [-0.39, 0.29) is 5.97 Å². The highest BCUT2D eigenvalue weighted by atomic mass is 35.5. The predicted octanol–water partition coefficient (Wildman–Crippen LogP) is 3.45. The normalized spacial score (nSPS) is 17.0. The molecule has 0 N–H and O–H groups in total. The van der Waals surface area contributed by atoms with Crippen LogP contribution in [-0.4, -0.2) is 30.6 Å². The highest BCUT2D eigenvalue weighted by Gasteiger charge is 2.32. The van der Waals surface area contributed by atoms with Crippen LogP contribution in [0.4, 0.5) is 0 Å². The first-order valence-electron chi connectivity index (χ1n) is 7.15. The molecule has 0 bridgehead atoms. The number of carbonyl (C=O) groups is 1. The minimum atomic E-state index is -0.568. The number of fused-ring (bicyclic) bond motifs is 1. The Morgan fingerprint density at radius 1 is 1.32 bits per heavy atom. The van der Waals surface area contributed by atoms with E-state index in [9.17, 15) is 4.79 Å². The molecule has 0 aliphatic carbocycles. The molecule has 2 rings (SSSR count). The lowest BCUT2D eigenvalue weighted by Gasteiger charge is -2.34. The molecule has 116 valence electrons. The Hall–Kier alpha value is -1.84. The average Bonchev–Trinajstić information content (AvgIpc) is 2.57. The summed E-state index contributed by atoms with van der Waals surface area (Å²) in [6.07, 6.45) is 4.01. The monoisotopic (exact) mass is 317 g/mol. The second kappa shape index (κ2) is 7.43. The lowest BCUT2D eigenvalue weighted by atomic mass is 9.96. The van der Waals surface area contributed by atoms with E-state index in [2.05, 4.69) is 30.2 Å². The van der Waals surface area contributed by atoms with Crippen molar-refractivity contribution in [1.29, 1.82) is 0 Å². The molecule has 1 atom stereocenters. The Morgan fingerprint density at radius 3 is 2.59 bits per heavy atom. The van der Waals surface area contributed by atoms with Crippen LogP contribution in [0, 0.1) is 0 Å². The van der Waals surface area contributed by atoms with Crippen molar-refractivity contribution in [3.8, 4) is 0 Å². The summed E-state index contributed by atoms with van der Waals surface area (Å²) in [7, 11) is 1.38. The molecule has 1 aliphatic heterocycles. The van der Waals surface area contributed by atoms with E-state index in [0.717, 1.165) is 13.0 Å². The molecule has 3 nitrogen and oxygen atoms in total. The summed E-state index contributed by atoms with van der Waals surface area (Å²) >= 11 is 6.20. The van der Waals surface area contributed by atoms with E-state index in [1.165, 1.54) is 24.3 Å². The van der Waals surface area contributed by atoms with Gasteiger partial charge in [0.1, 0.15) is 6.04 Å². The number of esters is 1. The van der Waals surface area contributed by atoms with E-state index in [1.54, 1.807) is 6.08 Å². The molecule has 1 heterocycles. The van der Waals surface area contributed by atoms with Crippen LogP contribution in [-0.2, 0) is 22.5 Å². The largest absolute Gasteiger partial charge is 0.468 e. The maximum atomic E-state index is 12.3. The Bertz CT molecular complexity index is 621. The number of nitrogens with zero attached hydrogens (tertiary/aromatic N) is 1. The van der Waals surface area contributed by atoms with Crippen molar-refractivity contribution in [2.45, 2.75) is 19.0 Å². The number of halogens is 1. The minimum Gasteiger partial charge on any atom is -0.468 e. The lowest BCUT2D eigenvalue weighted by molar-refractivity contribution is -0.145. The Morgan fingerprint density at radius 2 is 2.00 bits per heavy atom. The van der Waals surface area contributed by atoms with Crippen molar-refractivity contribution in [2.75, 3.05) is 13.7 Å². The highest BCUT2D eigenvalue weighted by molar-refractivity contribution is 6.32. The van der Waals surface area contributed by atoms with Gasteiger partial charge in [0.2, 0.25) is 0 Å². The van der Waals surface area contributed by atoms with Crippen molar-refractivity contribution < 1.29 is 9.53 Å². The molecule has 1 aromatic rings. The summed E-state index contributed by atoms with van der Waals surface area (Å²) in [6, 6.07) is 7.69. The number of rotatable bonds is 5. The zero-order chi connectivity index (χ0) is 16.1. The second-order valence-corrected chi connectivity index (χ2v) is 5.53. The van der Waals surface area contributed by atoms with Crippen molar-refractivity contribution in [3.63, 3.8) is 0 Å². The Kier molecular flexibility index (Phi) is 5.58. The molecule has 0 saturated carbocycles. The van der Waals surface area contributed by atoms with Gasteiger partial charge >= 0.3 is 5.97 Å². The van der Waals surface area contributed by atoms with Crippen LogP contribution >= 0.6 is 11.6 Å². The van der Waals surface area contributed by atoms with Crippen molar-refractivity contribution in [2.24, 2.45) is 0 Å². The maximum Gasteiger partial charge on any atom is 0.327 e. The Balaban J connectivity index is 2.38. The van der Waals surface area contributed by atoms with Gasteiger partial charge in [0.15, 0.2) is 0 Å². The van der Waals surface area contributed by atoms with Gasteiger partial charge in [-0.05, 0) is 23.1 Å². The molecule has 0 radical (unpaired) electrons. The number of methoxy groups -OCH3 is 1. The first kappa shape index (κ1) is 16.5. The van der Waals surface area contributed by atoms with Crippen LogP contribution in [0.3, 0.4) is 0 Å². The molecule has 1 aromatic carbocycles. The van der Waals surface area contributed by atoms with Gasteiger partial charge in [0, 0.05) is 18.1 Å². The number of ether oxygens (including phenoxy) is 1. The fraction of sp³-hybridized carbons (Fsp3) is 0.278. The molecule has 4 heteroatoms. The van der Waals surface area contributed by atoms with Crippen molar-refractivity contribution >= 4 is 17.6 Å². The first-order valence-corrected chi connectivity index (χ1v) is 7.53. The number of hydrogen-bond donors (Lipinski definition) is 0. The van der Waals surface area contributed by atoms with E-state index in [4.69, 9.17) is 16.3 Å². The van der Waals surface area contributed by atoms with E-state index in [0.29, 0.717) is 17.2 Å². The third kappa shape index (κ3) is 3.32. The van der Waals surface area contributed by atoms with E-state index < -0.39 is 6.04 Å². The van der Waals surface area contributed by atoms with Gasteiger partial charge in [-0.25, -0.2) is 4.79 Å². The topological polar surface area (TPSA) is 29.5 Å². The molecule has 0 aromatic heterocycles. The molecule has 1 aliphatic rings. The summed E-state index contributed by atoms with van der Waals surface area (Å²) in [6.45, 7) is 8.89. The summed E-state index contributed by atoms with van der Waals surface area (Å²) in [5.74, 6) is -0.339. The molecule has 1 unspecified atom stereocenters. The molecule has 22 heavy (non-hydrogen) atoms. The summed E-state index contributed by atoms with van der Waals surface area (Å²) < 4.78 is 4.98. The SMILES string of the molecule is C=CC(Cl)=C(C=C)C(C(=O)OC)N1CCc2ccccc2C1. The fourth-order valence-corrected chi connectivity index (χ4v) is 2.96. The van der Waals surface area contributed by atoms with Gasteiger partial charge in [-0.2, -0.15) is 0 Å². The third-order valence-corrected chi connectivity index (χ3v) is 4.29. The second-order valence-electron chi connectivity index (χ2n) is 5.13. The van der Waals surface area contributed by atoms with Crippen LogP contribution in [0.25, 0.3) is 0 Å². The Labute approximate surface area is 136 Å². The number of hydrogen-bond acceptors (Lipinski definition) is 3. The van der Waals surface area contributed by atoms with Crippen molar-refractivity contribution in [1.82, 2.24) is 4.90 Å². The number of allylic oxidation sites excluding steroid dienone is 2. The predicted molar refractivity (Wildman–Crippen MR) is 89.6 cm³/mol. The molecule has 0 saturated heterocycles. The number of benzene rings is 1. The van der Waals surface area contributed by atoms with E-state index in [1.807, 2.05) is 12.1 Å².